The highest BCUT2D eigenvalue weighted by Gasteiger charge is 2.27. The number of hydrogen-bond donors (Lipinski definition) is 2. The third-order valence-electron chi connectivity index (χ3n) is 5.65. The molecule has 0 aliphatic rings. The molecule has 0 atom stereocenters. The maximum Gasteiger partial charge on any atom is 0.264 e. The van der Waals surface area contributed by atoms with Crippen LogP contribution in [0.4, 0.5) is 11.4 Å². The van der Waals surface area contributed by atoms with Gasteiger partial charge >= 0.3 is 0 Å². The minimum atomic E-state index is -4.01. The normalized spacial score (nSPS) is 10.9. The van der Waals surface area contributed by atoms with Gasteiger partial charge in [-0.2, -0.15) is 0 Å². The molecular formula is C29H27N3O4S. The van der Waals surface area contributed by atoms with Crippen molar-refractivity contribution in [2.24, 2.45) is 0 Å². The molecule has 0 spiro atoms. The molecule has 0 saturated heterocycles. The number of rotatable bonds is 10. The maximum absolute atomic E-state index is 13.4. The van der Waals surface area contributed by atoms with E-state index in [9.17, 15) is 18.0 Å². The average molecular weight is 514 g/mol. The Morgan fingerprint density at radius 2 is 1.27 bits per heavy atom. The summed E-state index contributed by atoms with van der Waals surface area (Å²) in [6.07, 6.45) is 0.671. The molecule has 37 heavy (non-hydrogen) atoms. The van der Waals surface area contributed by atoms with Crippen molar-refractivity contribution < 1.29 is 18.0 Å². The van der Waals surface area contributed by atoms with Gasteiger partial charge in [-0.15, -0.1) is 0 Å². The molecule has 0 bridgehead atoms. The largest absolute Gasteiger partial charge is 0.352 e. The van der Waals surface area contributed by atoms with E-state index >= 15 is 0 Å². The molecule has 0 saturated carbocycles. The van der Waals surface area contributed by atoms with E-state index in [-0.39, 0.29) is 10.8 Å². The molecule has 0 aliphatic carbocycles. The van der Waals surface area contributed by atoms with E-state index < -0.39 is 22.5 Å². The molecule has 2 N–H and O–H groups in total. The number of hydrogen-bond acceptors (Lipinski definition) is 4. The molecule has 4 aromatic rings. The molecule has 4 rings (SSSR count). The number of carbonyl (C=O) groups excluding carboxylic acids is 2. The third-order valence-corrected chi connectivity index (χ3v) is 7.44. The predicted octanol–water partition coefficient (Wildman–Crippen LogP) is 4.49. The van der Waals surface area contributed by atoms with Gasteiger partial charge in [-0.1, -0.05) is 78.9 Å². The lowest BCUT2D eigenvalue weighted by Gasteiger charge is -2.24. The van der Waals surface area contributed by atoms with Crippen molar-refractivity contribution in [3.63, 3.8) is 0 Å². The second-order valence-corrected chi connectivity index (χ2v) is 10.1. The monoisotopic (exact) mass is 513 g/mol. The fraction of sp³-hybridized carbons (Fsp3) is 0.103. The van der Waals surface area contributed by atoms with Gasteiger partial charge in [0.05, 0.1) is 21.8 Å². The molecule has 4 aromatic carbocycles. The van der Waals surface area contributed by atoms with Gasteiger partial charge in [0.15, 0.2) is 0 Å². The average Bonchev–Trinajstić information content (AvgIpc) is 2.93. The highest BCUT2D eigenvalue weighted by molar-refractivity contribution is 7.92. The second kappa shape index (κ2) is 12.0. The number of nitrogens with zero attached hydrogens (tertiary/aromatic N) is 1. The first kappa shape index (κ1) is 25.7. The number of carbonyl (C=O) groups is 2. The second-order valence-electron chi connectivity index (χ2n) is 8.25. The van der Waals surface area contributed by atoms with Gasteiger partial charge in [-0.25, -0.2) is 8.42 Å². The highest BCUT2D eigenvalue weighted by Crippen LogP contribution is 2.24. The first-order chi connectivity index (χ1) is 17.9. The summed E-state index contributed by atoms with van der Waals surface area (Å²) < 4.78 is 27.9. The van der Waals surface area contributed by atoms with Crippen molar-refractivity contribution in [1.82, 2.24) is 5.32 Å². The van der Waals surface area contributed by atoms with Crippen molar-refractivity contribution in [3.05, 3.63) is 126 Å². The van der Waals surface area contributed by atoms with Gasteiger partial charge in [-0.3, -0.25) is 13.9 Å². The molecule has 2 amide bonds. The van der Waals surface area contributed by atoms with Crippen molar-refractivity contribution >= 4 is 33.2 Å². The third kappa shape index (κ3) is 6.62. The predicted molar refractivity (Wildman–Crippen MR) is 145 cm³/mol. The van der Waals surface area contributed by atoms with Crippen LogP contribution >= 0.6 is 0 Å². The lowest BCUT2D eigenvalue weighted by atomic mass is 10.1. The molecule has 8 heteroatoms. The Bertz CT molecular complexity index is 1440. The van der Waals surface area contributed by atoms with Crippen LogP contribution in [0.1, 0.15) is 15.9 Å². The van der Waals surface area contributed by atoms with Crippen LogP contribution in [0.25, 0.3) is 0 Å². The summed E-state index contributed by atoms with van der Waals surface area (Å²) in [6, 6.07) is 32.8. The summed E-state index contributed by atoms with van der Waals surface area (Å²) in [4.78, 5) is 26.0. The lowest BCUT2D eigenvalue weighted by molar-refractivity contribution is -0.114. The quantitative estimate of drug-likeness (QED) is 0.327. The van der Waals surface area contributed by atoms with Crippen molar-refractivity contribution in [2.45, 2.75) is 11.3 Å². The van der Waals surface area contributed by atoms with E-state index in [0.29, 0.717) is 29.9 Å². The first-order valence-electron chi connectivity index (χ1n) is 11.8. The molecule has 0 unspecified atom stereocenters. The Balaban J connectivity index is 1.49. The number of nitrogens with one attached hydrogen (secondary N) is 2. The van der Waals surface area contributed by atoms with Crippen LogP contribution in [-0.4, -0.2) is 33.3 Å². The number of amides is 2. The van der Waals surface area contributed by atoms with Crippen molar-refractivity contribution in [1.29, 1.82) is 0 Å². The zero-order valence-corrected chi connectivity index (χ0v) is 20.9. The lowest BCUT2D eigenvalue weighted by Crippen LogP contribution is -2.38. The van der Waals surface area contributed by atoms with Gasteiger partial charge in [-0.05, 0) is 48.4 Å². The molecule has 0 aliphatic heterocycles. The number of benzene rings is 4. The first-order valence-corrected chi connectivity index (χ1v) is 13.2. The number of para-hydroxylation sites is 2. The summed E-state index contributed by atoms with van der Waals surface area (Å²) in [5.74, 6) is -0.906. The van der Waals surface area contributed by atoms with Gasteiger partial charge in [0, 0.05) is 6.54 Å². The zero-order valence-electron chi connectivity index (χ0n) is 20.1. The van der Waals surface area contributed by atoms with Gasteiger partial charge in [0.2, 0.25) is 5.91 Å². The molecular weight excluding hydrogens is 486 g/mol. The van der Waals surface area contributed by atoms with E-state index in [0.717, 1.165) is 9.87 Å². The van der Waals surface area contributed by atoms with E-state index in [4.69, 9.17) is 0 Å². The van der Waals surface area contributed by atoms with E-state index in [1.165, 1.54) is 12.1 Å². The van der Waals surface area contributed by atoms with E-state index in [2.05, 4.69) is 10.6 Å². The summed E-state index contributed by atoms with van der Waals surface area (Å²) in [5, 5.41) is 5.59. The van der Waals surface area contributed by atoms with Crippen molar-refractivity contribution in [2.75, 3.05) is 22.7 Å². The molecule has 0 radical (unpaired) electrons. The maximum atomic E-state index is 13.4. The topological polar surface area (TPSA) is 95.6 Å². The van der Waals surface area contributed by atoms with Gasteiger partial charge < -0.3 is 10.6 Å². The molecule has 0 heterocycles. The fourth-order valence-corrected chi connectivity index (χ4v) is 5.24. The smallest absolute Gasteiger partial charge is 0.264 e. The SMILES string of the molecule is O=C(CN(c1ccccc1)S(=O)(=O)c1ccccc1)Nc1ccccc1C(=O)NCCc1ccccc1. The Labute approximate surface area is 216 Å². The molecule has 188 valence electrons. The number of sulfonamides is 1. The van der Waals surface area contributed by atoms with Crippen molar-refractivity contribution in [3.8, 4) is 0 Å². The van der Waals surface area contributed by atoms with Gasteiger partial charge in [0.1, 0.15) is 6.54 Å². The van der Waals surface area contributed by atoms with Crippen LogP contribution in [0.2, 0.25) is 0 Å². The van der Waals surface area contributed by atoms with Crippen LogP contribution in [0.5, 0.6) is 0 Å². The van der Waals surface area contributed by atoms with Crippen LogP contribution in [-0.2, 0) is 21.2 Å². The Morgan fingerprint density at radius 1 is 0.703 bits per heavy atom. The van der Waals surface area contributed by atoms with Crippen LogP contribution in [0.15, 0.2) is 120 Å². The van der Waals surface area contributed by atoms with E-state index in [1.807, 2.05) is 30.3 Å². The Hall–Kier alpha value is -4.43. The van der Waals surface area contributed by atoms with Crippen LogP contribution in [0, 0.1) is 0 Å². The molecule has 7 nitrogen and oxygen atoms in total. The summed E-state index contributed by atoms with van der Waals surface area (Å²) >= 11 is 0. The number of anilines is 2. The highest BCUT2D eigenvalue weighted by atomic mass is 32.2. The minimum absolute atomic E-state index is 0.0739. The van der Waals surface area contributed by atoms with Crippen LogP contribution < -0.4 is 14.9 Å². The summed E-state index contributed by atoms with van der Waals surface area (Å²) in [6.45, 7) is -0.0343. The minimum Gasteiger partial charge on any atom is -0.352 e. The molecule has 0 aromatic heterocycles. The summed E-state index contributed by atoms with van der Waals surface area (Å²) in [7, 11) is -4.01. The zero-order chi connectivity index (χ0) is 26.1. The van der Waals surface area contributed by atoms with E-state index in [1.54, 1.807) is 72.8 Å². The summed E-state index contributed by atoms with van der Waals surface area (Å²) in [5.41, 5.74) is 2.05. The molecule has 0 fully saturated rings. The standard InChI is InChI=1S/C29H27N3O4S/c33-28(22-32(24-14-6-2-7-15-24)37(35,36)25-16-8-3-9-17-25)31-27-19-11-10-18-26(27)29(34)30-21-20-23-12-4-1-5-13-23/h1-19H,20-22H2,(H,30,34)(H,31,33). The van der Waals surface area contributed by atoms with Crippen LogP contribution in [0.3, 0.4) is 0 Å². The Kier molecular flexibility index (Phi) is 8.33. The van der Waals surface area contributed by atoms with Gasteiger partial charge in [0.25, 0.3) is 15.9 Å². The fourth-order valence-electron chi connectivity index (χ4n) is 3.80. The Morgan fingerprint density at radius 3 is 1.95 bits per heavy atom.